The van der Waals surface area contributed by atoms with Gasteiger partial charge in [-0.05, 0) is 25.7 Å². The van der Waals surface area contributed by atoms with E-state index in [9.17, 15) is 0 Å². The van der Waals surface area contributed by atoms with E-state index in [0.29, 0.717) is 0 Å². The van der Waals surface area contributed by atoms with Crippen LogP contribution in [0.15, 0.2) is 54.6 Å². The van der Waals surface area contributed by atoms with Crippen molar-refractivity contribution in [3.8, 4) is 22.8 Å². The Hall–Kier alpha value is -2.46. The maximum absolute atomic E-state index is 4.59. The topological polar surface area (TPSA) is 44.8 Å². The van der Waals surface area contributed by atoms with Crippen molar-refractivity contribution >= 4 is 0 Å². The first-order chi connectivity index (χ1) is 10.2. The molecule has 0 saturated carbocycles. The van der Waals surface area contributed by atoms with Crippen molar-refractivity contribution in [1.29, 1.82) is 0 Å². The summed E-state index contributed by atoms with van der Waals surface area (Å²) in [7, 11) is 4.12. The van der Waals surface area contributed by atoms with Crippen LogP contribution in [0.1, 0.15) is 5.56 Å². The Balaban J connectivity index is 1.90. The summed E-state index contributed by atoms with van der Waals surface area (Å²) >= 11 is 0. The fourth-order valence-electron chi connectivity index (χ4n) is 2.29. The molecule has 0 amide bonds. The minimum Gasteiger partial charge on any atom is -0.305 e. The molecule has 3 aromatic rings. The minimum absolute atomic E-state index is 0.731. The molecule has 0 saturated heterocycles. The van der Waals surface area contributed by atoms with E-state index >= 15 is 0 Å². The summed E-state index contributed by atoms with van der Waals surface area (Å²) in [5.41, 5.74) is 3.33. The van der Waals surface area contributed by atoms with E-state index in [1.165, 1.54) is 5.56 Å². The predicted octanol–water partition coefficient (Wildman–Crippen LogP) is 3.20. The van der Waals surface area contributed by atoms with Crippen LogP contribution in [0.3, 0.4) is 0 Å². The van der Waals surface area contributed by atoms with E-state index in [2.05, 4.69) is 46.3 Å². The Morgan fingerprint density at radius 1 is 0.952 bits per heavy atom. The van der Waals surface area contributed by atoms with Crippen LogP contribution >= 0.6 is 0 Å². The highest BCUT2D eigenvalue weighted by atomic mass is 15.2. The third kappa shape index (κ3) is 3.17. The number of hydrogen-bond acceptors (Lipinski definition) is 3. The zero-order valence-electron chi connectivity index (χ0n) is 12.2. The first-order valence-corrected chi connectivity index (χ1v) is 6.94. The first-order valence-electron chi connectivity index (χ1n) is 6.94. The number of aromatic nitrogens is 3. The van der Waals surface area contributed by atoms with Gasteiger partial charge in [0.05, 0.1) is 0 Å². The quantitative estimate of drug-likeness (QED) is 0.797. The summed E-state index contributed by atoms with van der Waals surface area (Å²) in [5.74, 6) is 1.53. The van der Waals surface area contributed by atoms with Crippen molar-refractivity contribution in [1.82, 2.24) is 20.1 Å². The third-order valence-corrected chi connectivity index (χ3v) is 3.22. The zero-order chi connectivity index (χ0) is 14.7. The molecule has 2 aromatic carbocycles. The molecule has 4 heteroatoms. The second kappa shape index (κ2) is 5.89. The molecule has 3 rings (SSSR count). The van der Waals surface area contributed by atoms with E-state index < -0.39 is 0 Å². The van der Waals surface area contributed by atoms with Crippen LogP contribution in [0.4, 0.5) is 0 Å². The van der Waals surface area contributed by atoms with E-state index in [-0.39, 0.29) is 0 Å². The molecule has 0 radical (unpaired) electrons. The number of benzene rings is 2. The Morgan fingerprint density at radius 2 is 1.71 bits per heavy atom. The van der Waals surface area contributed by atoms with Gasteiger partial charge in [-0.3, -0.25) is 5.10 Å². The molecule has 21 heavy (non-hydrogen) atoms. The van der Waals surface area contributed by atoms with E-state index in [4.69, 9.17) is 0 Å². The third-order valence-electron chi connectivity index (χ3n) is 3.22. The number of rotatable bonds is 4. The number of hydrogen-bond donors (Lipinski definition) is 1. The molecular weight excluding hydrogens is 260 g/mol. The fourth-order valence-corrected chi connectivity index (χ4v) is 2.29. The van der Waals surface area contributed by atoms with E-state index in [0.717, 1.165) is 29.3 Å². The summed E-state index contributed by atoms with van der Waals surface area (Å²) in [6.45, 7) is 0.907. The van der Waals surface area contributed by atoms with Crippen LogP contribution < -0.4 is 0 Å². The average molecular weight is 278 g/mol. The van der Waals surface area contributed by atoms with Crippen molar-refractivity contribution in [2.24, 2.45) is 0 Å². The molecule has 0 aliphatic heterocycles. The molecule has 0 atom stereocenters. The highest BCUT2D eigenvalue weighted by molar-refractivity contribution is 5.61. The zero-order valence-corrected chi connectivity index (χ0v) is 12.2. The molecule has 0 fully saturated rings. The lowest BCUT2D eigenvalue weighted by molar-refractivity contribution is 0.402. The van der Waals surface area contributed by atoms with Crippen LogP contribution in [0.25, 0.3) is 22.8 Å². The Kier molecular flexibility index (Phi) is 3.79. The molecule has 1 N–H and O–H groups in total. The van der Waals surface area contributed by atoms with Gasteiger partial charge in [-0.1, -0.05) is 48.5 Å². The second-order valence-electron chi connectivity index (χ2n) is 5.31. The largest absolute Gasteiger partial charge is 0.305 e. The number of H-pyrrole nitrogens is 1. The van der Waals surface area contributed by atoms with Gasteiger partial charge in [0, 0.05) is 17.7 Å². The molecule has 0 bridgehead atoms. The van der Waals surface area contributed by atoms with Gasteiger partial charge >= 0.3 is 0 Å². The maximum atomic E-state index is 4.59. The van der Waals surface area contributed by atoms with Crippen LogP contribution in [0.2, 0.25) is 0 Å². The summed E-state index contributed by atoms with van der Waals surface area (Å²) in [6, 6.07) is 18.4. The lowest BCUT2D eigenvalue weighted by Gasteiger charge is -2.09. The molecule has 1 aromatic heterocycles. The minimum atomic E-state index is 0.731. The number of nitrogens with one attached hydrogen (secondary N) is 1. The van der Waals surface area contributed by atoms with Crippen molar-refractivity contribution in [2.75, 3.05) is 14.1 Å². The molecule has 106 valence electrons. The standard InChI is InChI=1S/C17H18N4/c1-21(2)12-13-7-6-10-15(11-13)17-18-16(19-20-17)14-8-4-3-5-9-14/h3-11H,12H2,1-2H3,(H,18,19,20). The first kappa shape index (κ1) is 13.5. The van der Waals surface area contributed by atoms with Crippen LogP contribution in [-0.4, -0.2) is 34.2 Å². The molecular formula is C17H18N4. The highest BCUT2D eigenvalue weighted by Gasteiger charge is 2.08. The van der Waals surface area contributed by atoms with Crippen LogP contribution in [0.5, 0.6) is 0 Å². The number of aromatic amines is 1. The smallest absolute Gasteiger partial charge is 0.181 e. The second-order valence-corrected chi connectivity index (χ2v) is 5.31. The Labute approximate surface area is 124 Å². The monoisotopic (exact) mass is 278 g/mol. The number of nitrogens with zero attached hydrogens (tertiary/aromatic N) is 3. The molecule has 1 heterocycles. The van der Waals surface area contributed by atoms with E-state index in [1.54, 1.807) is 0 Å². The average Bonchev–Trinajstić information content (AvgIpc) is 2.98. The predicted molar refractivity (Wildman–Crippen MR) is 84.6 cm³/mol. The summed E-state index contributed by atoms with van der Waals surface area (Å²) in [4.78, 5) is 6.74. The summed E-state index contributed by atoms with van der Waals surface area (Å²) < 4.78 is 0. The van der Waals surface area contributed by atoms with Crippen LogP contribution in [0, 0.1) is 0 Å². The maximum Gasteiger partial charge on any atom is 0.181 e. The highest BCUT2D eigenvalue weighted by Crippen LogP contribution is 2.20. The summed E-state index contributed by atoms with van der Waals surface area (Å²) in [6.07, 6.45) is 0. The van der Waals surface area contributed by atoms with Gasteiger partial charge in [0.15, 0.2) is 11.6 Å². The lowest BCUT2D eigenvalue weighted by atomic mass is 10.1. The van der Waals surface area contributed by atoms with Crippen LogP contribution in [-0.2, 0) is 6.54 Å². The fraction of sp³-hybridized carbons (Fsp3) is 0.176. The van der Waals surface area contributed by atoms with E-state index in [1.807, 2.05) is 42.5 Å². The van der Waals surface area contributed by atoms with Gasteiger partial charge in [0.25, 0.3) is 0 Å². The Morgan fingerprint density at radius 3 is 2.48 bits per heavy atom. The summed E-state index contributed by atoms with van der Waals surface area (Å²) in [5, 5.41) is 7.34. The Bertz CT molecular complexity index is 716. The molecule has 0 aliphatic rings. The van der Waals surface area contributed by atoms with Gasteiger partial charge in [-0.2, -0.15) is 5.10 Å². The normalized spacial score (nSPS) is 11.0. The van der Waals surface area contributed by atoms with Gasteiger partial charge < -0.3 is 4.90 Å². The van der Waals surface area contributed by atoms with Crippen molar-refractivity contribution in [2.45, 2.75) is 6.54 Å². The van der Waals surface area contributed by atoms with Crippen molar-refractivity contribution in [3.63, 3.8) is 0 Å². The van der Waals surface area contributed by atoms with Gasteiger partial charge in [-0.15, -0.1) is 0 Å². The van der Waals surface area contributed by atoms with Crippen molar-refractivity contribution < 1.29 is 0 Å². The molecule has 4 nitrogen and oxygen atoms in total. The molecule has 0 aliphatic carbocycles. The lowest BCUT2D eigenvalue weighted by Crippen LogP contribution is -2.10. The molecule has 0 spiro atoms. The van der Waals surface area contributed by atoms with Gasteiger partial charge in [0.2, 0.25) is 0 Å². The SMILES string of the molecule is CN(C)Cc1cccc(-c2n[nH]c(-c3ccccc3)n2)c1. The van der Waals surface area contributed by atoms with Gasteiger partial charge in [0.1, 0.15) is 0 Å². The molecule has 0 unspecified atom stereocenters. The van der Waals surface area contributed by atoms with Gasteiger partial charge in [-0.25, -0.2) is 4.98 Å². The van der Waals surface area contributed by atoms with Crippen molar-refractivity contribution in [3.05, 3.63) is 60.2 Å².